The molecule has 1 fully saturated rings. The molecule has 0 bridgehead atoms. The number of carbonyl (C=O) groups is 3. The van der Waals surface area contributed by atoms with E-state index >= 15 is 0 Å². The lowest BCUT2D eigenvalue weighted by molar-refractivity contribution is -0.385. The molecule has 0 aromatic heterocycles. The van der Waals surface area contributed by atoms with Crippen LogP contribution in [0.4, 0.5) is 16.2 Å². The summed E-state index contributed by atoms with van der Waals surface area (Å²) in [6, 6.07) is 19.4. The molecular weight excluding hydrogens is 628 g/mol. The summed E-state index contributed by atoms with van der Waals surface area (Å²) in [7, 11) is 0. The van der Waals surface area contributed by atoms with Crippen LogP contribution in [-0.4, -0.2) is 84.4 Å². The van der Waals surface area contributed by atoms with Gasteiger partial charge in [-0.1, -0.05) is 48.5 Å². The number of nitro groups is 1. The number of nitrogens with one attached hydrogen (secondary N) is 1. The summed E-state index contributed by atoms with van der Waals surface area (Å²) < 4.78 is 17.1. The molecule has 1 aliphatic heterocycles. The summed E-state index contributed by atoms with van der Waals surface area (Å²) in [5.41, 5.74) is 3.11. The van der Waals surface area contributed by atoms with Crippen LogP contribution in [0.15, 0.2) is 66.7 Å². The highest BCUT2D eigenvalue weighted by atomic mass is 16.6. The maximum Gasteiger partial charge on any atom is 0.409 e. The number of amides is 2. The summed E-state index contributed by atoms with van der Waals surface area (Å²) >= 11 is 0. The van der Waals surface area contributed by atoms with Crippen molar-refractivity contribution in [1.82, 2.24) is 10.2 Å². The van der Waals surface area contributed by atoms with Gasteiger partial charge in [-0.2, -0.15) is 0 Å². The fourth-order valence-electron chi connectivity index (χ4n) is 6.01. The van der Waals surface area contributed by atoms with Crippen LogP contribution in [0.5, 0.6) is 0 Å². The zero-order chi connectivity index (χ0) is 35.5. The number of carbonyl (C=O) groups excluding carboxylic acids is 3. The first-order valence-corrected chi connectivity index (χ1v) is 16.4. The molecule has 1 N–H and O–H groups in total. The summed E-state index contributed by atoms with van der Waals surface area (Å²) in [6.45, 7) is 12.1. The SMILES string of the molecule is CC(C)(C)OCC(NC(=O)c1cc(N2CCN(C(=O)OCC3c4ccccc4-c4ccccc43)CC2)ccc1[N+](=O)[O-])C(=O)OC(C)(C)C. The third kappa shape index (κ3) is 8.55. The highest BCUT2D eigenvalue weighted by molar-refractivity contribution is 6.01. The van der Waals surface area contributed by atoms with E-state index < -0.39 is 45.8 Å². The predicted octanol–water partition coefficient (Wildman–Crippen LogP) is 5.92. The van der Waals surface area contributed by atoms with E-state index in [4.69, 9.17) is 14.2 Å². The Labute approximate surface area is 286 Å². The van der Waals surface area contributed by atoms with Gasteiger partial charge in [-0.25, -0.2) is 9.59 Å². The van der Waals surface area contributed by atoms with Crippen molar-refractivity contribution < 1.29 is 33.5 Å². The van der Waals surface area contributed by atoms with Crippen LogP contribution in [0.25, 0.3) is 11.1 Å². The number of ether oxygens (including phenoxy) is 3. The average Bonchev–Trinajstić information content (AvgIpc) is 3.37. The van der Waals surface area contributed by atoms with Crippen molar-refractivity contribution in [2.45, 2.75) is 64.7 Å². The fourth-order valence-corrected chi connectivity index (χ4v) is 6.01. The van der Waals surface area contributed by atoms with E-state index in [0.29, 0.717) is 31.9 Å². The number of fused-ring (bicyclic) bond motifs is 3. The second kappa shape index (κ2) is 14.3. The number of nitrogens with zero attached hydrogens (tertiary/aromatic N) is 3. The normalized spacial score (nSPS) is 15.2. The molecule has 0 radical (unpaired) electrons. The minimum atomic E-state index is -1.20. The van der Waals surface area contributed by atoms with Crippen molar-refractivity contribution in [3.05, 3.63) is 93.5 Å². The van der Waals surface area contributed by atoms with E-state index in [1.54, 1.807) is 31.7 Å². The Morgan fingerprint density at radius 1 is 0.878 bits per heavy atom. The van der Waals surface area contributed by atoms with E-state index in [9.17, 15) is 24.5 Å². The maximum atomic E-state index is 13.5. The van der Waals surface area contributed by atoms with E-state index in [2.05, 4.69) is 29.6 Å². The van der Waals surface area contributed by atoms with Crippen molar-refractivity contribution in [1.29, 1.82) is 0 Å². The summed E-state index contributed by atoms with van der Waals surface area (Å²) in [4.78, 5) is 54.5. The number of rotatable bonds is 9. The van der Waals surface area contributed by atoms with Crippen LogP contribution in [0.1, 0.15) is 68.9 Å². The summed E-state index contributed by atoms with van der Waals surface area (Å²) in [5, 5.41) is 14.5. The zero-order valence-corrected chi connectivity index (χ0v) is 28.9. The molecule has 3 aromatic carbocycles. The van der Waals surface area contributed by atoms with Crippen LogP contribution in [0.3, 0.4) is 0 Å². The van der Waals surface area contributed by atoms with E-state index in [1.165, 1.54) is 12.1 Å². The fraction of sp³-hybridized carbons (Fsp3) is 0.432. The smallest absolute Gasteiger partial charge is 0.409 e. The lowest BCUT2D eigenvalue weighted by Gasteiger charge is -2.35. The van der Waals surface area contributed by atoms with Gasteiger partial charge in [0.1, 0.15) is 17.8 Å². The summed E-state index contributed by atoms with van der Waals surface area (Å²) in [6.07, 6.45) is -0.407. The van der Waals surface area contributed by atoms with Crippen LogP contribution in [-0.2, 0) is 19.0 Å². The van der Waals surface area contributed by atoms with E-state index in [1.807, 2.05) is 49.9 Å². The largest absolute Gasteiger partial charge is 0.458 e. The number of piperazine rings is 1. The molecule has 1 heterocycles. The van der Waals surface area contributed by atoms with Crippen molar-refractivity contribution in [3.63, 3.8) is 0 Å². The van der Waals surface area contributed by atoms with Gasteiger partial charge in [-0.05, 0) is 75.9 Å². The van der Waals surface area contributed by atoms with Gasteiger partial charge >= 0.3 is 12.1 Å². The van der Waals surface area contributed by atoms with E-state index in [-0.39, 0.29) is 24.7 Å². The third-order valence-electron chi connectivity index (χ3n) is 8.34. The number of hydrogen-bond acceptors (Lipinski definition) is 9. The molecule has 260 valence electrons. The molecule has 12 heteroatoms. The topological polar surface area (TPSA) is 141 Å². The molecule has 3 aromatic rings. The number of nitro benzene ring substituents is 1. The highest BCUT2D eigenvalue weighted by Crippen LogP contribution is 2.44. The molecule has 5 rings (SSSR count). The lowest BCUT2D eigenvalue weighted by Crippen LogP contribution is -2.49. The molecule has 0 saturated carbocycles. The van der Waals surface area contributed by atoms with Gasteiger partial charge in [-0.3, -0.25) is 14.9 Å². The monoisotopic (exact) mass is 672 g/mol. The number of anilines is 1. The Balaban J connectivity index is 1.24. The molecule has 1 aliphatic carbocycles. The Bertz CT molecular complexity index is 1670. The van der Waals surface area contributed by atoms with Gasteiger partial charge < -0.3 is 29.3 Å². The van der Waals surface area contributed by atoms with Crippen LogP contribution >= 0.6 is 0 Å². The molecular formula is C37H44N4O8. The average molecular weight is 673 g/mol. The lowest BCUT2D eigenvalue weighted by atomic mass is 9.98. The van der Waals surface area contributed by atoms with Gasteiger partial charge in [0.15, 0.2) is 6.04 Å². The van der Waals surface area contributed by atoms with Gasteiger partial charge in [0.2, 0.25) is 0 Å². The molecule has 49 heavy (non-hydrogen) atoms. The van der Waals surface area contributed by atoms with Gasteiger partial charge in [0.25, 0.3) is 11.6 Å². The molecule has 0 spiro atoms. The first-order chi connectivity index (χ1) is 23.1. The molecule has 1 unspecified atom stereocenters. The van der Waals surface area contributed by atoms with E-state index in [0.717, 1.165) is 22.3 Å². The molecule has 1 saturated heterocycles. The molecule has 2 amide bonds. The molecule has 2 aliphatic rings. The zero-order valence-electron chi connectivity index (χ0n) is 28.9. The Morgan fingerprint density at radius 2 is 1.47 bits per heavy atom. The van der Waals surface area contributed by atoms with Crippen molar-refractivity contribution >= 4 is 29.3 Å². The first-order valence-electron chi connectivity index (χ1n) is 16.4. The standard InChI is InChI=1S/C37H44N4O8/c1-36(2,3)48-23-31(34(43)49-37(4,5)6)38-33(42)29-21-24(15-16-32(29)41(45)46)39-17-19-40(20-18-39)35(44)47-22-30-27-13-9-7-11-25(27)26-12-8-10-14-28(26)30/h7-16,21,30-31H,17-20,22-23H2,1-6H3,(H,38,42). The Morgan fingerprint density at radius 3 is 2.02 bits per heavy atom. The van der Waals surface area contributed by atoms with Gasteiger partial charge in [0, 0.05) is 43.9 Å². The first kappa shape index (κ1) is 35.3. The second-order valence-corrected chi connectivity index (χ2v) is 14.2. The minimum Gasteiger partial charge on any atom is -0.458 e. The number of benzene rings is 3. The van der Waals surface area contributed by atoms with Gasteiger partial charge in [0.05, 0.1) is 17.1 Å². The summed E-state index contributed by atoms with van der Waals surface area (Å²) in [5.74, 6) is -1.57. The Kier molecular flexibility index (Phi) is 10.3. The van der Waals surface area contributed by atoms with Crippen LogP contribution in [0.2, 0.25) is 0 Å². The van der Waals surface area contributed by atoms with Crippen molar-refractivity contribution in [3.8, 4) is 11.1 Å². The van der Waals surface area contributed by atoms with Crippen molar-refractivity contribution in [2.24, 2.45) is 0 Å². The number of esters is 1. The van der Waals surface area contributed by atoms with Gasteiger partial charge in [-0.15, -0.1) is 0 Å². The Hall–Kier alpha value is -4.97. The number of hydrogen-bond donors (Lipinski definition) is 1. The highest BCUT2D eigenvalue weighted by Gasteiger charge is 2.33. The minimum absolute atomic E-state index is 0.0442. The predicted molar refractivity (Wildman–Crippen MR) is 185 cm³/mol. The molecule has 1 atom stereocenters. The third-order valence-corrected chi connectivity index (χ3v) is 8.34. The maximum absolute atomic E-state index is 13.5. The van der Waals surface area contributed by atoms with Crippen LogP contribution < -0.4 is 10.2 Å². The second-order valence-electron chi connectivity index (χ2n) is 14.2. The molecule has 12 nitrogen and oxygen atoms in total. The van der Waals surface area contributed by atoms with Crippen molar-refractivity contribution in [2.75, 3.05) is 44.3 Å². The quantitative estimate of drug-likeness (QED) is 0.167. The van der Waals surface area contributed by atoms with Crippen LogP contribution in [0, 0.1) is 10.1 Å².